The Morgan fingerprint density at radius 1 is 1.45 bits per heavy atom. The highest BCUT2D eigenvalue weighted by molar-refractivity contribution is 4.95. The second kappa shape index (κ2) is 2.28. The molecule has 0 aliphatic heterocycles. The molecular formula is C2HN5O4. The van der Waals surface area contributed by atoms with Crippen LogP contribution in [-0.4, -0.2) is 24.8 Å². The Balaban J connectivity index is 2.99. The molecule has 9 heteroatoms. The fourth-order valence-corrected chi connectivity index (χ4v) is 0.409. The van der Waals surface area contributed by atoms with E-state index in [9.17, 15) is 20.2 Å². The third-order valence-electron chi connectivity index (χ3n) is 0.799. The summed E-state index contributed by atoms with van der Waals surface area (Å²) in [5.74, 6) is -0.790. The van der Waals surface area contributed by atoms with Gasteiger partial charge in [-0.3, -0.25) is 0 Å². The van der Waals surface area contributed by atoms with Crippen LogP contribution in [-0.2, 0) is 0 Å². The van der Waals surface area contributed by atoms with Gasteiger partial charge in [-0.2, -0.15) is 0 Å². The molecule has 0 unspecified atom stereocenters. The molecule has 1 rings (SSSR count). The van der Waals surface area contributed by atoms with Crippen LogP contribution in [0.5, 0.6) is 0 Å². The number of rotatable bonds is 2. The first-order valence-electron chi connectivity index (χ1n) is 2.32. The van der Waals surface area contributed by atoms with Crippen LogP contribution in [0.2, 0.25) is 0 Å². The molecule has 0 bridgehead atoms. The molecule has 0 aliphatic carbocycles. The predicted octanol–water partition coefficient (Wildman–Crippen LogP) is -0.774. The number of nitrogens with zero attached hydrogens (tertiary/aromatic N) is 5. The number of nitro groups is 2. The Hall–Kier alpha value is -2.06. The summed E-state index contributed by atoms with van der Waals surface area (Å²) in [6, 6.07) is 0. The molecule has 0 spiro atoms. The van der Waals surface area contributed by atoms with Crippen molar-refractivity contribution in [1.29, 1.82) is 0 Å². The molecule has 0 fully saturated rings. The van der Waals surface area contributed by atoms with Gasteiger partial charge in [-0.1, -0.05) is 0 Å². The lowest BCUT2D eigenvalue weighted by atomic mass is 11.1. The lowest BCUT2D eigenvalue weighted by Gasteiger charge is -1.84. The molecule has 0 aromatic carbocycles. The van der Waals surface area contributed by atoms with E-state index in [1.54, 1.807) is 0 Å². The predicted molar refractivity (Wildman–Crippen MR) is 29.1 cm³/mol. The molecule has 0 radical (unpaired) electrons. The maximum Gasteiger partial charge on any atom is 0.532 e. The van der Waals surface area contributed by atoms with E-state index in [2.05, 4.69) is 10.1 Å². The molecule has 1 aromatic rings. The van der Waals surface area contributed by atoms with Crippen molar-refractivity contribution in [2.45, 2.75) is 0 Å². The molecule has 0 saturated heterocycles. The summed E-state index contributed by atoms with van der Waals surface area (Å²) in [5.41, 5.74) is 0. The average Bonchev–Trinajstić information content (AvgIpc) is 2.33. The van der Waals surface area contributed by atoms with Crippen molar-refractivity contribution in [3.63, 3.8) is 0 Å². The van der Waals surface area contributed by atoms with E-state index < -0.39 is 15.9 Å². The van der Waals surface area contributed by atoms with Crippen LogP contribution >= 0.6 is 0 Å². The lowest BCUT2D eigenvalue weighted by Crippen LogP contribution is -2.08. The largest absolute Gasteiger partial charge is 0.532 e. The van der Waals surface area contributed by atoms with Gasteiger partial charge in [0.15, 0.2) is 0 Å². The Bertz CT molecular complexity index is 275. The van der Waals surface area contributed by atoms with Crippen molar-refractivity contribution in [2.24, 2.45) is 0 Å². The average molecular weight is 159 g/mol. The fraction of sp³-hybridized carbons (Fsp3) is 0. The maximum absolute atomic E-state index is 9.88. The minimum Gasteiger partial charge on any atom is -0.389 e. The van der Waals surface area contributed by atoms with Crippen LogP contribution < -0.4 is 0 Å². The minimum absolute atomic E-state index is 0.165. The van der Waals surface area contributed by atoms with Gasteiger partial charge in [-0.25, -0.2) is 0 Å². The number of aromatic nitrogens is 3. The summed E-state index contributed by atoms with van der Waals surface area (Å²) in [5, 5.41) is 21.7. The first-order valence-corrected chi connectivity index (χ1v) is 2.32. The van der Waals surface area contributed by atoms with Gasteiger partial charge in [0.2, 0.25) is 0 Å². The van der Waals surface area contributed by atoms with E-state index in [1.807, 2.05) is 0 Å². The maximum atomic E-state index is 9.88. The third kappa shape index (κ3) is 1.26. The molecule has 11 heavy (non-hydrogen) atoms. The molecular weight excluding hydrogens is 158 g/mol. The highest BCUT2D eigenvalue weighted by atomic mass is 16.7. The van der Waals surface area contributed by atoms with E-state index in [0.717, 1.165) is 0 Å². The summed E-state index contributed by atoms with van der Waals surface area (Å²) in [7, 11) is 0. The fourth-order valence-electron chi connectivity index (χ4n) is 0.409. The van der Waals surface area contributed by atoms with Crippen molar-refractivity contribution in [3.05, 3.63) is 26.6 Å². The third-order valence-corrected chi connectivity index (χ3v) is 0.799. The van der Waals surface area contributed by atoms with Gasteiger partial charge >= 0.3 is 5.95 Å². The first-order chi connectivity index (χ1) is 5.11. The SMILES string of the molecule is O=[N+]([O-])c1ncn([N+](=O)[O-])n1. The summed E-state index contributed by atoms with van der Waals surface area (Å²) < 4.78 is 0. The number of hydrogen-bond acceptors (Lipinski definition) is 6. The van der Waals surface area contributed by atoms with Gasteiger partial charge in [0, 0.05) is 0 Å². The van der Waals surface area contributed by atoms with Gasteiger partial charge in [0.05, 0.1) is 9.82 Å². The highest BCUT2D eigenvalue weighted by Crippen LogP contribution is 1.97. The molecule has 0 atom stereocenters. The molecule has 9 nitrogen and oxygen atoms in total. The van der Waals surface area contributed by atoms with Crippen LogP contribution in [0.1, 0.15) is 0 Å². The van der Waals surface area contributed by atoms with Gasteiger partial charge in [-0.15, -0.1) is 0 Å². The zero-order valence-corrected chi connectivity index (χ0v) is 4.95. The van der Waals surface area contributed by atoms with Crippen molar-refractivity contribution in [2.75, 3.05) is 0 Å². The van der Waals surface area contributed by atoms with Crippen LogP contribution in [0, 0.1) is 20.2 Å². The minimum atomic E-state index is -0.931. The van der Waals surface area contributed by atoms with Crippen LogP contribution in [0.15, 0.2) is 6.33 Å². The number of hydrogen-bond donors (Lipinski definition) is 0. The Morgan fingerprint density at radius 2 is 2.09 bits per heavy atom. The van der Waals surface area contributed by atoms with E-state index in [-0.39, 0.29) is 4.79 Å². The molecule has 0 N–H and O–H groups in total. The van der Waals surface area contributed by atoms with Crippen molar-refractivity contribution < 1.29 is 9.96 Å². The van der Waals surface area contributed by atoms with Gasteiger partial charge in [0.1, 0.15) is 5.10 Å². The van der Waals surface area contributed by atoms with E-state index in [1.165, 1.54) is 0 Å². The van der Waals surface area contributed by atoms with Gasteiger partial charge in [0.25, 0.3) is 6.33 Å². The quantitative estimate of drug-likeness (QED) is 0.412. The van der Waals surface area contributed by atoms with E-state index in [4.69, 9.17) is 0 Å². The van der Waals surface area contributed by atoms with Crippen molar-refractivity contribution in [1.82, 2.24) is 14.9 Å². The molecule has 1 aromatic heterocycles. The second-order valence-corrected chi connectivity index (χ2v) is 1.46. The molecule has 1 heterocycles. The topological polar surface area (TPSA) is 117 Å². The van der Waals surface area contributed by atoms with Crippen molar-refractivity contribution in [3.8, 4) is 0 Å². The first kappa shape index (κ1) is 7.05. The molecule has 0 amide bonds. The zero-order valence-electron chi connectivity index (χ0n) is 4.95. The zero-order chi connectivity index (χ0) is 8.43. The normalized spacial score (nSPS) is 9.45. The van der Waals surface area contributed by atoms with Crippen LogP contribution in [0.3, 0.4) is 0 Å². The monoisotopic (exact) mass is 159 g/mol. The Kier molecular flexibility index (Phi) is 1.46. The smallest absolute Gasteiger partial charge is 0.389 e. The Morgan fingerprint density at radius 3 is 2.36 bits per heavy atom. The van der Waals surface area contributed by atoms with E-state index >= 15 is 0 Å². The molecule has 0 aliphatic rings. The lowest BCUT2D eigenvalue weighted by molar-refractivity contribution is -0.554. The summed E-state index contributed by atoms with van der Waals surface area (Å²) >= 11 is 0. The van der Waals surface area contributed by atoms with Gasteiger partial charge in [-0.05, 0) is 9.91 Å². The summed E-state index contributed by atoms with van der Waals surface area (Å²) in [6.45, 7) is 0. The van der Waals surface area contributed by atoms with Crippen LogP contribution in [0.25, 0.3) is 0 Å². The van der Waals surface area contributed by atoms with Crippen molar-refractivity contribution >= 4 is 5.95 Å². The summed E-state index contributed by atoms with van der Waals surface area (Å²) in [4.78, 5) is 22.1. The Labute approximate surface area is 58.5 Å². The van der Waals surface area contributed by atoms with Crippen LogP contribution in [0.4, 0.5) is 5.95 Å². The van der Waals surface area contributed by atoms with E-state index in [0.29, 0.717) is 6.33 Å². The van der Waals surface area contributed by atoms with Gasteiger partial charge < -0.3 is 20.2 Å². The highest BCUT2D eigenvalue weighted by Gasteiger charge is 2.17. The molecule has 58 valence electrons. The summed E-state index contributed by atoms with van der Waals surface area (Å²) in [6.07, 6.45) is 0.651. The standard InChI is InChI=1S/C2HN5O4/c8-6(9)2-3-1-5(4-2)7(10)11/h1H. The molecule has 0 saturated carbocycles. The second-order valence-electron chi connectivity index (χ2n) is 1.46.